The third kappa shape index (κ3) is 4.27. The third-order valence-corrected chi connectivity index (χ3v) is 5.68. The average molecular weight is 405 g/mol. The van der Waals surface area contributed by atoms with E-state index in [0.717, 1.165) is 23.3 Å². The lowest BCUT2D eigenvalue weighted by atomic mass is 10.0. The first-order valence-corrected chi connectivity index (χ1v) is 10.4. The number of carbonyl (C=O) groups is 1. The minimum Gasteiger partial charge on any atom is -0.483 e. The monoisotopic (exact) mass is 405 g/mol. The van der Waals surface area contributed by atoms with Crippen molar-refractivity contribution in [2.24, 2.45) is 0 Å². The molecule has 2 aromatic rings. The van der Waals surface area contributed by atoms with Gasteiger partial charge < -0.3 is 14.4 Å². The Hall–Kier alpha value is -3.04. The molecule has 156 valence electrons. The SMILES string of the molecule is CC1(C)Cc2cccc(OCC(=O)N3CCN(C(C#N)c4ccccc4)CC3)c2O1. The van der Waals surface area contributed by atoms with E-state index < -0.39 is 0 Å². The maximum atomic E-state index is 12.7. The van der Waals surface area contributed by atoms with Gasteiger partial charge in [0.25, 0.3) is 5.91 Å². The van der Waals surface area contributed by atoms with Gasteiger partial charge in [0.2, 0.25) is 0 Å². The van der Waals surface area contributed by atoms with Crippen molar-refractivity contribution in [3.8, 4) is 17.6 Å². The lowest BCUT2D eigenvalue weighted by molar-refractivity contribution is -0.135. The summed E-state index contributed by atoms with van der Waals surface area (Å²) in [6.45, 7) is 6.58. The van der Waals surface area contributed by atoms with Gasteiger partial charge >= 0.3 is 0 Å². The van der Waals surface area contributed by atoms with E-state index in [4.69, 9.17) is 9.47 Å². The number of hydrogen-bond donors (Lipinski definition) is 0. The molecule has 0 radical (unpaired) electrons. The van der Waals surface area contributed by atoms with E-state index in [1.54, 1.807) is 0 Å². The highest BCUT2D eigenvalue weighted by Gasteiger charge is 2.33. The number of nitrogens with zero attached hydrogens (tertiary/aromatic N) is 3. The molecule has 1 unspecified atom stereocenters. The van der Waals surface area contributed by atoms with Crippen LogP contribution in [-0.2, 0) is 11.2 Å². The Morgan fingerprint density at radius 1 is 1.13 bits per heavy atom. The van der Waals surface area contributed by atoms with Crippen molar-refractivity contribution >= 4 is 5.91 Å². The summed E-state index contributed by atoms with van der Waals surface area (Å²) in [4.78, 5) is 16.6. The van der Waals surface area contributed by atoms with Crippen molar-refractivity contribution in [3.63, 3.8) is 0 Å². The molecule has 1 saturated heterocycles. The van der Waals surface area contributed by atoms with Gasteiger partial charge in [0.05, 0.1) is 6.07 Å². The Labute approximate surface area is 177 Å². The van der Waals surface area contributed by atoms with Crippen molar-refractivity contribution in [3.05, 3.63) is 59.7 Å². The third-order valence-electron chi connectivity index (χ3n) is 5.68. The van der Waals surface area contributed by atoms with Crippen molar-refractivity contribution < 1.29 is 14.3 Å². The predicted octanol–water partition coefficient (Wildman–Crippen LogP) is 3.19. The van der Waals surface area contributed by atoms with E-state index >= 15 is 0 Å². The van der Waals surface area contributed by atoms with Crippen molar-refractivity contribution in [2.75, 3.05) is 32.8 Å². The van der Waals surface area contributed by atoms with Crippen LogP contribution in [0.2, 0.25) is 0 Å². The number of amides is 1. The largest absolute Gasteiger partial charge is 0.483 e. The zero-order valence-corrected chi connectivity index (χ0v) is 17.5. The summed E-state index contributed by atoms with van der Waals surface area (Å²) in [7, 11) is 0. The van der Waals surface area contributed by atoms with E-state index in [0.29, 0.717) is 31.9 Å². The maximum Gasteiger partial charge on any atom is 0.260 e. The summed E-state index contributed by atoms with van der Waals surface area (Å²) in [5, 5.41) is 9.63. The second kappa shape index (κ2) is 8.37. The van der Waals surface area contributed by atoms with Crippen LogP contribution >= 0.6 is 0 Å². The Balaban J connectivity index is 1.32. The molecule has 0 aliphatic carbocycles. The van der Waals surface area contributed by atoms with E-state index in [1.165, 1.54) is 0 Å². The van der Waals surface area contributed by atoms with Crippen molar-refractivity contribution in [1.82, 2.24) is 9.80 Å². The molecule has 2 heterocycles. The van der Waals surface area contributed by atoms with Gasteiger partial charge in [-0.2, -0.15) is 5.26 Å². The minimum absolute atomic E-state index is 0.0133. The van der Waals surface area contributed by atoms with Gasteiger partial charge in [-0.25, -0.2) is 0 Å². The molecule has 6 nitrogen and oxygen atoms in total. The standard InChI is InChI=1S/C24H27N3O3/c1-24(2)15-19-9-6-10-21(23(19)30-24)29-17-22(28)27-13-11-26(12-14-27)20(16-25)18-7-4-3-5-8-18/h3-10,20H,11-15,17H2,1-2H3. The van der Waals surface area contributed by atoms with Gasteiger partial charge in [-0.3, -0.25) is 9.69 Å². The van der Waals surface area contributed by atoms with Gasteiger partial charge in [-0.05, 0) is 25.5 Å². The van der Waals surface area contributed by atoms with E-state index in [9.17, 15) is 10.1 Å². The Morgan fingerprint density at radius 2 is 1.87 bits per heavy atom. The molecule has 0 saturated carbocycles. The molecule has 2 aliphatic heterocycles. The quantitative estimate of drug-likeness (QED) is 0.764. The number of carbonyl (C=O) groups excluding carboxylic acids is 1. The summed E-state index contributed by atoms with van der Waals surface area (Å²) in [6, 6.07) is 17.7. The molecule has 0 aromatic heterocycles. The van der Waals surface area contributed by atoms with E-state index in [2.05, 4.69) is 11.0 Å². The van der Waals surface area contributed by atoms with Crippen LogP contribution in [0.15, 0.2) is 48.5 Å². The fraction of sp³-hybridized carbons (Fsp3) is 0.417. The summed E-state index contributed by atoms with van der Waals surface area (Å²) in [5.74, 6) is 1.33. The number of nitriles is 1. The van der Waals surface area contributed by atoms with Crippen molar-refractivity contribution in [1.29, 1.82) is 5.26 Å². The Kier molecular flexibility index (Phi) is 5.65. The first-order valence-electron chi connectivity index (χ1n) is 10.4. The van der Waals surface area contributed by atoms with E-state index in [-0.39, 0.29) is 24.2 Å². The zero-order chi connectivity index (χ0) is 21.1. The molecule has 6 heteroatoms. The van der Waals surface area contributed by atoms with E-state index in [1.807, 2.05) is 67.3 Å². The van der Waals surface area contributed by atoms with Crippen LogP contribution in [0.4, 0.5) is 0 Å². The van der Waals surface area contributed by atoms with Gasteiger partial charge in [0, 0.05) is 38.2 Å². The maximum absolute atomic E-state index is 12.7. The molecule has 1 fully saturated rings. The molecule has 1 amide bonds. The van der Waals surface area contributed by atoms with Crippen LogP contribution in [0.5, 0.6) is 11.5 Å². The molecule has 0 N–H and O–H groups in total. The fourth-order valence-corrected chi connectivity index (χ4v) is 4.16. The molecular weight excluding hydrogens is 378 g/mol. The number of benzene rings is 2. The molecule has 0 spiro atoms. The van der Waals surface area contributed by atoms with Crippen LogP contribution < -0.4 is 9.47 Å². The smallest absolute Gasteiger partial charge is 0.260 e. The number of ether oxygens (including phenoxy) is 2. The van der Waals surface area contributed by atoms with Crippen LogP contribution in [0.1, 0.15) is 31.0 Å². The molecule has 1 atom stereocenters. The van der Waals surface area contributed by atoms with Gasteiger partial charge in [-0.1, -0.05) is 42.5 Å². The summed E-state index contributed by atoms with van der Waals surface area (Å²) >= 11 is 0. The average Bonchev–Trinajstić information content (AvgIpc) is 3.08. The molecule has 4 rings (SSSR count). The number of piperazine rings is 1. The topological polar surface area (TPSA) is 65.8 Å². The number of hydrogen-bond acceptors (Lipinski definition) is 5. The van der Waals surface area contributed by atoms with Gasteiger partial charge in [-0.15, -0.1) is 0 Å². The molecule has 30 heavy (non-hydrogen) atoms. The predicted molar refractivity (Wildman–Crippen MR) is 113 cm³/mol. The highest BCUT2D eigenvalue weighted by Crippen LogP contribution is 2.41. The van der Waals surface area contributed by atoms with Crippen molar-refractivity contribution in [2.45, 2.75) is 31.9 Å². The van der Waals surface area contributed by atoms with Crippen LogP contribution in [0.25, 0.3) is 0 Å². The minimum atomic E-state index is -0.285. The molecular formula is C24H27N3O3. The van der Waals surface area contributed by atoms with Gasteiger partial charge in [0.15, 0.2) is 18.1 Å². The summed E-state index contributed by atoms with van der Waals surface area (Å²) < 4.78 is 11.9. The molecule has 2 aliphatic rings. The Bertz CT molecular complexity index is 944. The van der Waals surface area contributed by atoms with Gasteiger partial charge in [0.1, 0.15) is 11.6 Å². The lowest BCUT2D eigenvalue weighted by Gasteiger charge is -2.37. The second-order valence-corrected chi connectivity index (χ2v) is 8.43. The number of fused-ring (bicyclic) bond motifs is 1. The number of rotatable bonds is 5. The fourth-order valence-electron chi connectivity index (χ4n) is 4.16. The molecule has 2 aromatic carbocycles. The highest BCUT2D eigenvalue weighted by molar-refractivity contribution is 5.78. The zero-order valence-electron chi connectivity index (χ0n) is 17.5. The second-order valence-electron chi connectivity index (χ2n) is 8.43. The Morgan fingerprint density at radius 3 is 2.57 bits per heavy atom. The first kappa shape index (κ1) is 20.2. The highest BCUT2D eigenvalue weighted by atomic mass is 16.5. The summed E-state index contributed by atoms with van der Waals surface area (Å²) in [6.07, 6.45) is 0.830. The molecule has 0 bridgehead atoms. The van der Waals surface area contributed by atoms with Crippen LogP contribution in [0.3, 0.4) is 0 Å². The summed E-state index contributed by atoms with van der Waals surface area (Å²) in [5.41, 5.74) is 1.85. The number of para-hydroxylation sites is 1. The normalized spacial score (nSPS) is 18.8. The first-order chi connectivity index (χ1) is 14.5. The van der Waals surface area contributed by atoms with Crippen LogP contribution in [-0.4, -0.2) is 54.1 Å². The van der Waals surface area contributed by atoms with Crippen LogP contribution in [0, 0.1) is 11.3 Å². The lowest BCUT2D eigenvalue weighted by Crippen LogP contribution is -2.50.